The second kappa shape index (κ2) is 9.73. The van der Waals surface area contributed by atoms with E-state index in [-0.39, 0.29) is 18.5 Å². The maximum Gasteiger partial charge on any atom is 0.241 e. The van der Waals surface area contributed by atoms with Gasteiger partial charge in [-0.05, 0) is 61.9 Å². The maximum atomic E-state index is 12.7. The molecule has 1 N–H and O–H groups in total. The first-order valence-corrected chi connectivity index (χ1v) is 12.7. The zero-order valence-electron chi connectivity index (χ0n) is 18.8. The SMILES string of the molecule is Cc1ccccc1N(CC(=O)N[C@H](C)c1ccc(N2CCC(C)CC2)cc1)S(C)(=O)=O. The second-order valence-corrected chi connectivity index (χ2v) is 10.5. The van der Waals surface area contributed by atoms with Gasteiger partial charge in [-0.2, -0.15) is 0 Å². The lowest BCUT2D eigenvalue weighted by Crippen LogP contribution is -2.41. The van der Waals surface area contributed by atoms with Gasteiger partial charge in [-0.3, -0.25) is 9.10 Å². The van der Waals surface area contributed by atoms with Crippen LogP contribution in [0.4, 0.5) is 11.4 Å². The second-order valence-electron chi connectivity index (χ2n) is 8.61. The fourth-order valence-corrected chi connectivity index (χ4v) is 4.88. The molecule has 1 aliphatic rings. The summed E-state index contributed by atoms with van der Waals surface area (Å²) in [5, 5.41) is 2.93. The number of hydrogen-bond donors (Lipinski definition) is 1. The fraction of sp³-hybridized carbons (Fsp3) is 0.458. The average molecular weight is 444 g/mol. The summed E-state index contributed by atoms with van der Waals surface area (Å²) in [5.74, 6) is 0.451. The molecule has 7 heteroatoms. The number of aryl methyl sites for hydroxylation is 1. The van der Waals surface area contributed by atoms with Crippen LogP contribution in [-0.4, -0.2) is 40.2 Å². The molecule has 0 aliphatic carbocycles. The van der Waals surface area contributed by atoms with E-state index in [4.69, 9.17) is 0 Å². The van der Waals surface area contributed by atoms with Gasteiger partial charge in [-0.15, -0.1) is 0 Å². The molecule has 0 spiro atoms. The molecule has 31 heavy (non-hydrogen) atoms. The molecule has 1 saturated heterocycles. The predicted molar refractivity (Wildman–Crippen MR) is 127 cm³/mol. The first kappa shape index (κ1) is 23.1. The molecule has 2 aromatic rings. The number of piperidine rings is 1. The largest absolute Gasteiger partial charge is 0.372 e. The molecule has 0 unspecified atom stereocenters. The Morgan fingerprint density at radius 3 is 2.32 bits per heavy atom. The molecule has 0 radical (unpaired) electrons. The number of carbonyl (C=O) groups excluding carboxylic acids is 1. The van der Waals surface area contributed by atoms with Crippen molar-refractivity contribution in [3.63, 3.8) is 0 Å². The number of nitrogens with zero attached hydrogens (tertiary/aromatic N) is 2. The number of hydrogen-bond acceptors (Lipinski definition) is 4. The third kappa shape index (κ3) is 6.00. The molecule has 3 rings (SSSR count). The van der Waals surface area contributed by atoms with Crippen LogP contribution in [0.3, 0.4) is 0 Å². The van der Waals surface area contributed by atoms with Crippen LogP contribution in [0.15, 0.2) is 48.5 Å². The summed E-state index contributed by atoms with van der Waals surface area (Å²) in [4.78, 5) is 15.1. The molecule has 1 atom stereocenters. The molecule has 1 fully saturated rings. The van der Waals surface area contributed by atoms with Gasteiger partial charge in [0.25, 0.3) is 0 Å². The Morgan fingerprint density at radius 1 is 1.13 bits per heavy atom. The van der Waals surface area contributed by atoms with Crippen LogP contribution >= 0.6 is 0 Å². The van der Waals surface area contributed by atoms with E-state index in [1.54, 1.807) is 12.1 Å². The highest BCUT2D eigenvalue weighted by Crippen LogP contribution is 2.25. The van der Waals surface area contributed by atoms with Crippen LogP contribution in [0, 0.1) is 12.8 Å². The molecule has 0 aromatic heterocycles. The van der Waals surface area contributed by atoms with E-state index in [2.05, 4.69) is 29.3 Å². The lowest BCUT2D eigenvalue weighted by atomic mass is 9.98. The van der Waals surface area contributed by atoms with E-state index >= 15 is 0 Å². The van der Waals surface area contributed by atoms with E-state index in [1.807, 2.05) is 38.1 Å². The first-order chi connectivity index (χ1) is 14.6. The van der Waals surface area contributed by atoms with E-state index in [0.717, 1.165) is 40.7 Å². The topological polar surface area (TPSA) is 69.7 Å². The summed E-state index contributed by atoms with van der Waals surface area (Å²) in [6, 6.07) is 15.2. The van der Waals surface area contributed by atoms with Crippen molar-refractivity contribution in [2.45, 2.75) is 39.7 Å². The number of carbonyl (C=O) groups is 1. The van der Waals surface area contributed by atoms with E-state index < -0.39 is 10.0 Å². The van der Waals surface area contributed by atoms with Crippen LogP contribution < -0.4 is 14.5 Å². The smallest absolute Gasteiger partial charge is 0.241 e. The van der Waals surface area contributed by atoms with E-state index in [0.29, 0.717) is 5.69 Å². The number of para-hydroxylation sites is 1. The van der Waals surface area contributed by atoms with Crippen LogP contribution in [0.2, 0.25) is 0 Å². The van der Waals surface area contributed by atoms with Crippen LogP contribution in [0.1, 0.15) is 43.9 Å². The molecule has 0 bridgehead atoms. The maximum absolute atomic E-state index is 12.7. The lowest BCUT2D eigenvalue weighted by Gasteiger charge is -2.32. The average Bonchev–Trinajstić information content (AvgIpc) is 2.72. The minimum Gasteiger partial charge on any atom is -0.372 e. The van der Waals surface area contributed by atoms with Crippen molar-refractivity contribution < 1.29 is 13.2 Å². The quantitative estimate of drug-likeness (QED) is 0.705. The van der Waals surface area contributed by atoms with Crippen molar-refractivity contribution in [3.8, 4) is 0 Å². The van der Waals surface area contributed by atoms with Gasteiger partial charge in [0.2, 0.25) is 15.9 Å². The molecule has 6 nitrogen and oxygen atoms in total. The summed E-state index contributed by atoms with van der Waals surface area (Å²) in [6.45, 7) is 7.94. The van der Waals surface area contributed by atoms with E-state index in [1.165, 1.54) is 18.5 Å². The molecular weight excluding hydrogens is 410 g/mol. The van der Waals surface area contributed by atoms with Gasteiger partial charge in [0.05, 0.1) is 18.0 Å². The van der Waals surface area contributed by atoms with E-state index in [9.17, 15) is 13.2 Å². The number of anilines is 2. The van der Waals surface area contributed by atoms with Gasteiger partial charge < -0.3 is 10.2 Å². The zero-order valence-corrected chi connectivity index (χ0v) is 19.7. The van der Waals surface area contributed by atoms with Crippen molar-refractivity contribution in [3.05, 3.63) is 59.7 Å². The summed E-state index contributed by atoms with van der Waals surface area (Å²) < 4.78 is 25.8. The lowest BCUT2D eigenvalue weighted by molar-refractivity contribution is -0.120. The molecule has 0 saturated carbocycles. The Bertz CT molecular complexity index is 997. The third-order valence-corrected chi connectivity index (χ3v) is 7.12. The molecular formula is C24H33N3O3S. The van der Waals surface area contributed by atoms with Crippen LogP contribution in [0.5, 0.6) is 0 Å². The molecule has 1 heterocycles. The standard InChI is InChI=1S/C24H33N3O3S/c1-18-13-15-26(16-14-18)22-11-9-21(10-12-22)20(3)25-24(28)17-27(31(4,29)30)23-8-6-5-7-19(23)2/h5-12,18,20H,13-17H2,1-4H3,(H,25,28)/t20-/m1/s1. The highest BCUT2D eigenvalue weighted by molar-refractivity contribution is 7.92. The zero-order chi connectivity index (χ0) is 22.6. The van der Waals surface area contributed by atoms with Gasteiger partial charge in [0.15, 0.2) is 0 Å². The molecule has 168 valence electrons. The number of sulfonamides is 1. The predicted octanol–water partition coefficient (Wildman–Crippen LogP) is 3.87. The monoisotopic (exact) mass is 443 g/mol. The Morgan fingerprint density at radius 2 is 1.74 bits per heavy atom. The number of nitrogens with one attached hydrogen (secondary N) is 1. The number of benzene rings is 2. The number of amides is 1. The fourth-order valence-electron chi connectivity index (χ4n) is 3.97. The van der Waals surface area contributed by atoms with Gasteiger partial charge in [-0.1, -0.05) is 37.3 Å². The highest BCUT2D eigenvalue weighted by atomic mass is 32.2. The van der Waals surface area contributed by atoms with Crippen molar-refractivity contribution in [2.75, 3.05) is 35.1 Å². The Balaban J connectivity index is 1.64. The summed E-state index contributed by atoms with van der Waals surface area (Å²) in [7, 11) is -3.59. The van der Waals surface area contributed by atoms with Crippen molar-refractivity contribution in [2.24, 2.45) is 5.92 Å². The molecule has 2 aromatic carbocycles. The van der Waals surface area contributed by atoms with Crippen LogP contribution in [0.25, 0.3) is 0 Å². The van der Waals surface area contributed by atoms with Crippen molar-refractivity contribution in [1.82, 2.24) is 5.32 Å². The Kier molecular flexibility index (Phi) is 7.26. The Hall–Kier alpha value is -2.54. The minimum atomic E-state index is -3.59. The number of rotatable bonds is 7. The van der Waals surface area contributed by atoms with Crippen LogP contribution in [-0.2, 0) is 14.8 Å². The summed E-state index contributed by atoms with van der Waals surface area (Å²) in [6.07, 6.45) is 3.55. The third-order valence-electron chi connectivity index (χ3n) is 5.99. The van der Waals surface area contributed by atoms with Gasteiger partial charge in [0.1, 0.15) is 6.54 Å². The van der Waals surface area contributed by atoms with Crippen molar-refractivity contribution in [1.29, 1.82) is 0 Å². The minimum absolute atomic E-state index is 0.221. The van der Waals surface area contributed by atoms with Crippen molar-refractivity contribution >= 4 is 27.3 Å². The Labute approximate surface area is 186 Å². The normalized spacial score (nSPS) is 16.1. The first-order valence-electron chi connectivity index (χ1n) is 10.8. The van der Waals surface area contributed by atoms with Gasteiger partial charge in [-0.25, -0.2) is 8.42 Å². The van der Waals surface area contributed by atoms with Gasteiger partial charge >= 0.3 is 0 Å². The molecule has 1 amide bonds. The summed E-state index contributed by atoms with van der Waals surface area (Å²) >= 11 is 0. The molecule has 1 aliphatic heterocycles. The highest BCUT2D eigenvalue weighted by Gasteiger charge is 2.23. The summed E-state index contributed by atoms with van der Waals surface area (Å²) in [5.41, 5.74) is 3.52. The van der Waals surface area contributed by atoms with Gasteiger partial charge in [0, 0.05) is 18.8 Å².